The van der Waals surface area contributed by atoms with Crippen LogP contribution in [0, 0.1) is 0 Å². The van der Waals surface area contributed by atoms with Gasteiger partial charge in [0.15, 0.2) is 4.07 Å². The van der Waals surface area contributed by atoms with E-state index in [2.05, 4.69) is 0 Å². The summed E-state index contributed by atoms with van der Waals surface area (Å²) in [5, 5.41) is 0. The molecule has 0 aromatic heterocycles. The summed E-state index contributed by atoms with van der Waals surface area (Å²) in [4.78, 5) is 0. The van der Waals surface area contributed by atoms with Crippen molar-refractivity contribution in [2.75, 3.05) is 0 Å². The van der Waals surface area contributed by atoms with E-state index in [1.807, 2.05) is 27.7 Å². The van der Waals surface area contributed by atoms with Gasteiger partial charge in [-0.1, -0.05) is 58.0 Å². The average molecular weight is 363 g/mol. The van der Waals surface area contributed by atoms with Crippen LogP contribution in [0.5, 0.6) is 0 Å². The average Bonchev–Trinajstić information content (AvgIpc) is 1.97. The number of alkyl halides is 5. The Morgan fingerprint density at radius 1 is 0.941 bits per heavy atom. The number of hydrogen-bond acceptors (Lipinski definition) is 1. The van der Waals surface area contributed by atoms with Crippen molar-refractivity contribution in [3.05, 3.63) is 0 Å². The molecule has 17 heavy (non-hydrogen) atoms. The minimum Gasteiger partial charge on any atom is -0.299 e. The molecule has 0 radical (unpaired) electrons. The first-order chi connectivity index (χ1) is 7.26. The van der Waals surface area contributed by atoms with Crippen molar-refractivity contribution in [1.82, 2.24) is 4.67 Å². The molecule has 0 aliphatic heterocycles. The third-order valence-electron chi connectivity index (χ3n) is 2.26. The van der Waals surface area contributed by atoms with Crippen LogP contribution >= 0.6 is 65.3 Å². The first-order valence-electron chi connectivity index (χ1n) is 5.10. The SMILES string of the molecule is CC(C)N(C(C)C)P(=O)(C(C)(Cl)Cl)C(Cl)(Cl)Cl. The van der Waals surface area contributed by atoms with Crippen LogP contribution in [0.15, 0.2) is 0 Å². The standard InChI is InChI=1S/C9H17Cl5NOP/c1-6(2)15(7(3)4)17(16,8(5,10)11)9(12,13)14/h6-7H,1-5H3. The molecule has 8 heteroatoms. The van der Waals surface area contributed by atoms with E-state index in [1.165, 1.54) is 6.92 Å². The smallest absolute Gasteiger partial charge is 0.258 e. The van der Waals surface area contributed by atoms with Crippen LogP contribution in [0.2, 0.25) is 0 Å². The topological polar surface area (TPSA) is 20.3 Å². The molecule has 1 atom stereocenters. The van der Waals surface area contributed by atoms with E-state index in [0.717, 1.165) is 0 Å². The fraction of sp³-hybridized carbons (Fsp3) is 1.00. The molecule has 0 spiro atoms. The van der Waals surface area contributed by atoms with Crippen molar-refractivity contribution in [3.8, 4) is 0 Å². The highest BCUT2D eigenvalue weighted by atomic mass is 35.6. The van der Waals surface area contributed by atoms with Crippen LogP contribution in [-0.2, 0) is 4.57 Å². The largest absolute Gasteiger partial charge is 0.299 e. The fourth-order valence-corrected chi connectivity index (χ4v) is 8.59. The molecule has 0 amide bonds. The van der Waals surface area contributed by atoms with Gasteiger partial charge in [-0.3, -0.25) is 4.57 Å². The van der Waals surface area contributed by atoms with Crippen LogP contribution in [0.4, 0.5) is 0 Å². The Morgan fingerprint density at radius 2 is 1.24 bits per heavy atom. The summed E-state index contributed by atoms with van der Waals surface area (Å²) in [6.07, 6.45) is 0. The van der Waals surface area contributed by atoms with Crippen LogP contribution in [0.1, 0.15) is 34.6 Å². The lowest BCUT2D eigenvalue weighted by Crippen LogP contribution is -2.42. The molecule has 2 nitrogen and oxygen atoms in total. The summed E-state index contributed by atoms with van der Waals surface area (Å²) >= 11 is 29.6. The minimum atomic E-state index is -3.65. The summed E-state index contributed by atoms with van der Waals surface area (Å²) in [6.45, 7) is 8.78. The maximum absolute atomic E-state index is 13.1. The second-order valence-corrected chi connectivity index (χ2v) is 12.9. The van der Waals surface area contributed by atoms with Crippen LogP contribution in [-0.4, -0.2) is 24.4 Å². The third-order valence-corrected chi connectivity index (χ3v) is 9.02. The van der Waals surface area contributed by atoms with Crippen molar-refractivity contribution in [2.24, 2.45) is 0 Å². The summed E-state index contributed by atoms with van der Waals surface area (Å²) in [5.41, 5.74) is 0. The first-order valence-corrected chi connectivity index (χ1v) is 8.65. The Hall–Kier alpha value is 1.64. The van der Waals surface area contributed by atoms with Crippen LogP contribution in [0.3, 0.4) is 0 Å². The summed E-state index contributed by atoms with van der Waals surface area (Å²) in [6, 6.07) is -0.235. The quantitative estimate of drug-likeness (QED) is 0.460. The molecule has 0 saturated carbocycles. The highest BCUT2D eigenvalue weighted by molar-refractivity contribution is 7.74. The Bertz CT molecular complexity index is 281. The van der Waals surface area contributed by atoms with E-state index >= 15 is 0 Å². The maximum Gasteiger partial charge on any atom is 0.258 e. The molecule has 0 aromatic carbocycles. The lowest BCUT2D eigenvalue weighted by molar-refractivity contribution is 0.296. The molecule has 0 rings (SSSR count). The second-order valence-electron chi connectivity index (χ2n) is 4.45. The van der Waals surface area contributed by atoms with E-state index in [4.69, 9.17) is 58.0 Å². The Labute approximate surface area is 128 Å². The van der Waals surface area contributed by atoms with E-state index in [-0.39, 0.29) is 12.1 Å². The van der Waals surface area contributed by atoms with Crippen molar-refractivity contribution in [1.29, 1.82) is 0 Å². The predicted octanol–water partition coefficient (Wildman–Crippen LogP) is 5.86. The van der Waals surface area contributed by atoms with E-state index < -0.39 is 14.9 Å². The molecule has 0 aliphatic carbocycles. The monoisotopic (exact) mass is 361 g/mol. The van der Waals surface area contributed by atoms with Gasteiger partial charge in [0.2, 0.25) is 7.29 Å². The Balaban J connectivity index is 5.89. The van der Waals surface area contributed by atoms with E-state index in [9.17, 15) is 4.57 Å². The molecule has 0 N–H and O–H groups in total. The van der Waals surface area contributed by atoms with Gasteiger partial charge >= 0.3 is 0 Å². The second kappa shape index (κ2) is 5.95. The fourth-order valence-electron chi connectivity index (χ4n) is 1.80. The van der Waals surface area contributed by atoms with Gasteiger partial charge < -0.3 is 0 Å². The molecule has 0 fully saturated rings. The molecule has 0 heterocycles. The lowest BCUT2D eigenvalue weighted by Gasteiger charge is -2.45. The van der Waals surface area contributed by atoms with E-state index in [0.29, 0.717) is 0 Å². The third kappa shape index (κ3) is 3.81. The molecule has 104 valence electrons. The van der Waals surface area contributed by atoms with Gasteiger partial charge in [-0.05, 0) is 34.6 Å². The molecule has 0 saturated heterocycles. The zero-order valence-electron chi connectivity index (χ0n) is 10.3. The molecule has 0 bridgehead atoms. The first kappa shape index (κ1) is 18.6. The lowest BCUT2D eigenvalue weighted by atomic mass is 10.3. The zero-order valence-corrected chi connectivity index (χ0v) is 15.0. The molecular weight excluding hydrogens is 346 g/mol. The number of hydrogen-bond donors (Lipinski definition) is 0. The normalized spacial score (nSPS) is 17.9. The molecule has 1 unspecified atom stereocenters. The highest BCUT2D eigenvalue weighted by Gasteiger charge is 2.60. The molecule has 0 aliphatic rings. The van der Waals surface area contributed by atoms with Crippen molar-refractivity contribution >= 4 is 65.3 Å². The Morgan fingerprint density at radius 3 is 1.29 bits per heavy atom. The summed E-state index contributed by atoms with van der Waals surface area (Å²) < 4.78 is 11.0. The van der Waals surface area contributed by atoms with Gasteiger partial charge in [-0.2, -0.15) is 0 Å². The van der Waals surface area contributed by atoms with Gasteiger partial charge in [0.25, 0.3) is 3.53 Å². The van der Waals surface area contributed by atoms with Gasteiger partial charge in [-0.15, -0.1) is 0 Å². The Kier molecular flexibility index (Phi) is 6.53. The van der Waals surface area contributed by atoms with Gasteiger partial charge in [0.05, 0.1) is 0 Å². The molecular formula is C9H17Cl5NOP. The van der Waals surface area contributed by atoms with Gasteiger partial charge in [0.1, 0.15) is 0 Å². The number of nitrogens with zero attached hydrogens (tertiary/aromatic N) is 1. The minimum absolute atomic E-state index is 0.117. The predicted molar refractivity (Wildman–Crippen MR) is 80.1 cm³/mol. The highest BCUT2D eigenvalue weighted by Crippen LogP contribution is 2.77. The van der Waals surface area contributed by atoms with Crippen molar-refractivity contribution < 1.29 is 4.57 Å². The van der Waals surface area contributed by atoms with Crippen molar-refractivity contribution in [2.45, 2.75) is 54.3 Å². The van der Waals surface area contributed by atoms with Crippen molar-refractivity contribution in [3.63, 3.8) is 0 Å². The zero-order chi connectivity index (χ0) is 14.2. The number of rotatable bonds is 4. The van der Waals surface area contributed by atoms with E-state index in [1.54, 1.807) is 4.67 Å². The van der Waals surface area contributed by atoms with Crippen LogP contribution < -0.4 is 0 Å². The van der Waals surface area contributed by atoms with Gasteiger partial charge in [0, 0.05) is 12.1 Å². The van der Waals surface area contributed by atoms with Crippen LogP contribution in [0.25, 0.3) is 0 Å². The maximum atomic E-state index is 13.1. The summed E-state index contributed by atoms with van der Waals surface area (Å²) in [7, 11) is -3.65. The number of halogens is 5. The summed E-state index contributed by atoms with van der Waals surface area (Å²) in [5.74, 6) is 0. The molecule has 0 aromatic rings. The van der Waals surface area contributed by atoms with Gasteiger partial charge in [-0.25, -0.2) is 4.67 Å².